The zero-order chi connectivity index (χ0) is 11.5. The molecule has 0 saturated heterocycles. The zero-order valence-corrected chi connectivity index (χ0v) is 11.1. The molecule has 88 valence electrons. The number of nitrogens with one attached hydrogen (secondary N) is 1. The smallest absolute Gasteiger partial charge is 0.124 e. The molecular formula is C13H17BrFN. The SMILES string of the molecule is CNC(CC1CCC1)c1ccc(F)cc1Br. The van der Waals surface area contributed by atoms with E-state index < -0.39 is 0 Å². The standard InChI is InChI=1S/C13H17BrFN/c1-16-13(7-9-3-2-4-9)11-6-5-10(15)8-12(11)14/h5-6,8-9,13,16H,2-4,7H2,1H3. The van der Waals surface area contributed by atoms with Crippen LogP contribution in [-0.2, 0) is 0 Å². The van der Waals surface area contributed by atoms with Crippen molar-refractivity contribution in [1.29, 1.82) is 0 Å². The lowest BCUT2D eigenvalue weighted by Crippen LogP contribution is -2.23. The molecule has 0 aliphatic heterocycles. The first-order valence-corrected chi connectivity index (χ1v) is 6.62. The molecule has 16 heavy (non-hydrogen) atoms. The van der Waals surface area contributed by atoms with Crippen molar-refractivity contribution in [1.82, 2.24) is 5.32 Å². The molecule has 1 unspecified atom stereocenters. The van der Waals surface area contributed by atoms with Crippen molar-refractivity contribution in [3.8, 4) is 0 Å². The predicted molar refractivity (Wildman–Crippen MR) is 67.9 cm³/mol. The van der Waals surface area contributed by atoms with Crippen molar-refractivity contribution < 1.29 is 4.39 Å². The van der Waals surface area contributed by atoms with E-state index in [2.05, 4.69) is 21.2 Å². The number of benzene rings is 1. The molecule has 2 rings (SSSR count). The molecule has 1 aliphatic carbocycles. The summed E-state index contributed by atoms with van der Waals surface area (Å²) in [6.45, 7) is 0. The molecule has 0 bridgehead atoms. The third kappa shape index (κ3) is 2.64. The van der Waals surface area contributed by atoms with Crippen LogP contribution in [0.1, 0.15) is 37.3 Å². The van der Waals surface area contributed by atoms with Gasteiger partial charge in [-0.3, -0.25) is 0 Å². The van der Waals surface area contributed by atoms with Gasteiger partial charge in [0, 0.05) is 10.5 Å². The Morgan fingerprint density at radius 2 is 2.25 bits per heavy atom. The van der Waals surface area contributed by atoms with Crippen LogP contribution in [0.5, 0.6) is 0 Å². The second kappa shape index (κ2) is 5.28. The first kappa shape index (κ1) is 12.1. The van der Waals surface area contributed by atoms with Crippen LogP contribution >= 0.6 is 15.9 Å². The maximum absolute atomic E-state index is 13.0. The molecule has 1 aliphatic rings. The fourth-order valence-corrected chi connectivity index (χ4v) is 2.87. The summed E-state index contributed by atoms with van der Waals surface area (Å²) in [7, 11) is 1.97. The zero-order valence-electron chi connectivity index (χ0n) is 9.47. The van der Waals surface area contributed by atoms with Gasteiger partial charge < -0.3 is 5.32 Å². The lowest BCUT2D eigenvalue weighted by Gasteiger charge is -2.30. The van der Waals surface area contributed by atoms with E-state index in [0.29, 0.717) is 6.04 Å². The van der Waals surface area contributed by atoms with Gasteiger partial charge in [0.2, 0.25) is 0 Å². The van der Waals surface area contributed by atoms with Gasteiger partial charge >= 0.3 is 0 Å². The van der Waals surface area contributed by atoms with Gasteiger partial charge in [-0.15, -0.1) is 0 Å². The Bertz CT molecular complexity index is 363. The highest BCUT2D eigenvalue weighted by Crippen LogP contribution is 2.36. The Kier molecular flexibility index (Phi) is 3.98. The second-order valence-corrected chi connectivity index (χ2v) is 5.39. The molecule has 1 aromatic rings. The van der Waals surface area contributed by atoms with E-state index in [9.17, 15) is 4.39 Å². The van der Waals surface area contributed by atoms with E-state index in [0.717, 1.165) is 22.4 Å². The van der Waals surface area contributed by atoms with E-state index in [4.69, 9.17) is 0 Å². The molecule has 0 spiro atoms. The van der Waals surface area contributed by atoms with Crippen LogP contribution in [0.3, 0.4) is 0 Å². The lowest BCUT2D eigenvalue weighted by atomic mass is 9.79. The summed E-state index contributed by atoms with van der Waals surface area (Å²) in [6.07, 6.45) is 5.21. The van der Waals surface area contributed by atoms with Crippen molar-refractivity contribution in [3.05, 3.63) is 34.1 Å². The van der Waals surface area contributed by atoms with Gasteiger partial charge in [-0.05, 0) is 37.1 Å². The van der Waals surface area contributed by atoms with Crippen LogP contribution in [0.15, 0.2) is 22.7 Å². The van der Waals surface area contributed by atoms with Crippen molar-refractivity contribution >= 4 is 15.9 Å². The largest absolute Gasteiger partial charge is 0.313 e. The van der Waals surface area contributed by atoms with Crippen molar-refractivity contribution in [2.24, 2.45) is 5.92 Å². The Balaban J connectivity index is 2.11. The van der Waals surface area contributed by atoms with Crippen LogP contribution < -0.4 is 5.32 Å². The molecule has 1 fully saturated rings. The summed E-state index contributed by atoms with van der Waals surface area (Å²) in [6, 6.07) is 5.28. The first-order chi connectivity index (χ1) is 7.70. The van der Waals surface area contributed by atoms with Crippen LogP contribution in [0.25, 0.3) is 0 Å². The molecule has 1 aromatic carbocycles. The highest BCUT2D eigenvalue weighted by atomic mass is 79.9. The molecule has 1 nitrogen and oxygen atoms in total. The third-order valence-corrected chi connectivity index (χ3v) is 4.17. The van der Waals surface area contributed by atoms with E-state index in [-0.39, 0.29) is 5.82 Å². The van der Waals surface area contributed by atoms with Crippen LogP contribution in [-0.4, -0.2) is 7.05 Å². The summed E-state index contributed by atoms with van der Waals surface area (Å²) < 4.78 is 13.9. The summed E-state index contributed by atoms with van der Waals surface area (Å²) in [5.74, 6) is 0.656. The fourth-order valence-electron chi connectivity index (χ4n) is 2.25. The highest BCUT2D eigenvalue weighted by molar-refractivity contribution is 9.10. The molecule has 0 aromatic heterocycles. The molecule has 0 radical (unpaired) electrons. The summed E-state index contributed by atoms with van der Waals surface area (Å²) in [4.78, 5) is 0. The Labute approximate surface area is 105 Å². The minimum atomic E-state index is -0.186. The fraction of sp³-hybridized carbons (Fsp3) is 0.538. The van der Waals surface area contributed by atoms with Crippen molar-refractivity contribution in [2.75, 3.05) is 7.05 Å². The van der Waals surface area contributed by atoms with Gasteiger partial charge in [0.15, 0.2) is 0 Å². The maximum Gasteiger partial charge on any atom is 0.124 e. The number of halogens is 2. The Morgan fingerprint density at radius 3 is 2.75 bits per heavy atom. The van der Waals surface area contributed by atoms with Gasteiger partial charge in [0.05, 0.1) is 0 Å². The topological polar surface area (TPSA) is 12.0 Å². The van der Waals surface area contributed by atoms with Crippen molar-refractivity contribution in [3.63, 3.8) is 0 Å². The predicted octanol–water partition coefficient (Wildman–Crippen LogP) is 4.04. The average molecular weight is 286 g/mol. The van der Waals surface area contributed by atoms with Gasteiger partial charge in [0.1, 0.15) is 5.82 Å². The summed E-state index contributed by atoms with van der Waals surface area (Å²) >= 11 is 3.44. The molecule has 0 amide bonds. The average Bonchev–Trinajstić information content (AvgIpc) is 2.18. The lowest BCUT2D eigenvalue weighted by molar-refractivity contribution is 0.265. The van der Waals surface area contributed by atoms with Crippen LogP contribution in [0.4, 0.5) is 4.39 Å². The highest BCUT2D eigenvalue weighted by Gasteiger charge is 2.23. The molecular weight excluding hydrogens is 269 g/mol. The summed E-state index contributed by atoms with van der Waals surface area (Å²) in [5.41, 5.74) is 1.16. The monoisotopic (exact) mass is 285 g/mol. The van der Waals surface area contributed by atoms with E-state index in [1.807, 2.05) is 13.1 Å². The molecule has 1 saturated carbocycles. The van der Waals surface area contributed by atoms with E-state index in [1.54, 1.807) is 6.07 Å². The van der Waals surface area contributed by atoms with E-state index in [1.165, 1.54) is 25.3 Å². The minimum absolute atomic E-state index is 0.186. The maximum atomic E-state index is 13.0. The minimum Gasteiger partial charge on any atom is -0.313 e. The van der Waals surface area contributed by atoms with Gasteiger partial charge in [-0.25, -0.2) is 4.39 Å². The van der Waals surface area contributed by atoms with Gasteiger partial charge in [-0.1, -0.05) is 41.3 Å². The summed E-state index contributed by atoms with van der Waals surface area (Å²) in [5, 5.41) is 3.33. The number of hydrogen-bond acceptors (Lipinski definition) is 1. The van der Waals surface area contributed by atoms with Gasteiger partial charge in [-0.2, -0.15) is 0 Å². The molecule has 1 N–H and O–H groups in total. The third-order valence-electron chi connectivity index (χ3n) is 3.48. The molecule has 1 atom stereocenters. The van der Waals surface area contributed by atoms with Crippen molar-refractivity contribution in [2.45, 2.75) is 31.7 Å². The van der Waals surface area contributed by atoms with Gasteiger partial charge in [0.25, 0.3) is 0 Å². The van der Waals surface area contributed by atoms with Crippen LogP contribution in [0.2, 0.25) is 0 Å². The first-order valence-electron chi connectivity index (χ1n) is 5.83. The Hall–Kier alpha value is -0.410. The number of hydrogen-bond donors (Lipinski definition) is 1. The Morgan fingerprint density at radius 1 is 1.50 bits per heavy atom. The quantitative estimate of drug-likeness (QED) is 0.881. The normalized spacial score (nSPS) is 18.2. The van der Waals surface area contributed by atoms with E-state index >= 15 is 0 Å². The molecule has 0 heterocycles. The van der Waals surface area contributed by atoms with Crippen LogP contribution in [0, 0.1) is 11.7 Å². The second-order valence-electron chi connectivity index (χ2n) is 4.54. The molecule has 3 heteroatoms. The number of rotatable bonds is 4.